The highest BCUT2D eigenvalue weighted by atomic mass is 15.0. The third kappa shape index (κ3) is 2.41. The minimum Gasteiger partial charge on any atom is -0.340 e. The lowest BCUT2D eigenvalue weighted by Gasteiger charge is -1.97. The Bertz CT molecular complexity index is 408. The Morgan fingerprint density at radius 2 is 2.27 bits per heavy atom. The Hall–Kier alpha value is -1.68. The van der Waals surface area contributed by atoms with Gasteiger partial charge in [0.1, 0.15) is 5.82 Å². The molecule has 15 heavy (non-hydrogen) atoms. The molecule has 0 amide bonds. The maximum atomic E-state index is 4.27. The van der Waals surface area contributed by atoms with Crippen LogP contribution in [0, 0.1) is 0 Å². The quantitative estimate of drug-likeness (QED) is 0.791. The van der Waals surface area contributed by atoms with Crippen LogP contribution in [0.15, 0.2) is 30.6 Å². The van der Waals surface area contributed by atoms with Crippen LogP contribution in [-0.4, -0.2) is 21.5 Å². The lowest BCUT2D eigenvalue weighted by Crippen LogP contribution is -2.12. The summed E-state index contributed by atoms with van der Waals surface area (Å²) < 4.78 is 0. The van der Waals surface area contributed by atoms with Gasteiger partial charge in [-0.05, 0) is 18.7 Å². The molecule has 0 bridgehead atoms. The molecule has 0 aromatic carbocycles. The van der Waals surface area contributed by atoms with Gasteiger partial charge in [-0.15, -0.1) is 0 Å². The number of hydrogen-bond donors (Lipinski definition) is 2. The monoisotopic (exact) mass is 202 g/mol. The zero-order chi connectivity index (χ0) is 10.5. The van der Waals surface area contributed by atoms with Gasteiger partial charge >= 0.3 is 0 Å². The van der Waals surface area contributed by atoms with E-state index in [2.05, 4.69) is 27.2 Å². The van der Waals surface area contributed by atoms with Crippen LogP contribution in [0.3, 0.4) is 0 Å². The van der Waals surface area contributed by atoms with E-state index < -0.39 is 0 Å². The van der Waals surface area contributed by atoms with Gasteiger partial charge in [0.15, 0.2) is 0 Å². The van der Waals surface area contributed by atoms with Crippen molar-refractivity contribution >= 4 is 0 Å². The number of H-pyrrole nitrogens is 1. The van der Waals surface area contributed by atoms with Gasteiger partial charge in [0, 0.05) is 6.20 Å². The van der Waals surface area contributed by atoms with E-state index in [1.54, 1.807) is 6.20 Å². The summed E-state index contributed by atoms with van der Waals surface area (Å²) in [5.74, 6) is 0.942. The van der Waals surface area contributed by atoms with E-state index in [4.69, 9.17) is 0 Å². The molecule has 2 aromatic heterocycles. The summed E-state index contributed by atoms with van der Waals surface area (Å²) in [5, 5.41) is 3.22. The molecule has 0 aliphatic heterocycles. The smallest absolute Gasteiger partial charge is 0.120 e. The second-order valence-corrected chi connectivity index (χ2v) is 3.24. The van der Waals surface area contributed by atoms with E-state index in [0.29, 0.717) is 0 Å². The first-order valence-corrected chi connectivity index (χ1v) is 5.06. The first kappa shape index (κ1) is 9.86. The molecule has 2 rings (SSSR count). The predicted octanol–water partition coefficient (Wildman–Crippen LogP) is 1.58. The summed E-state index contributed by atoms with van der Waals surface area (Å²) in [4.78, 5) is 11.8. The fourth-order valence-corrected chi connectivity index (χ4v) is 1.35. The molecule has 2 aromatic rings. The number of nitrogens with zero attached hydrogens (tertiary/aromatic N) is 2. The van der Waals surface area contributed by atoms with Gasteiger partial charge < -0.3 is 10.3 Å². The molecule has 0 aliphatic carbocycles. The second-order valence-electron chi connectivity index (χ2n) is 3.24. The molecule has 78 valence electrons. The molecular formula is C11H14N4. The van der Waals surface area contributed by atoms with Gasteiger partial charge in [0.2, 0.25) is 0 Å². The van der Waals surface area contributed by atoms with Crippen molar-refractivity contribution in [1.82, 2.24) is 20.3 Å². The van der Waals surface area contributed by atoms with E-state index in [-0.39, 0.29) is 0 Å². The highest BCUT2D eigenvalue weighted by Crippen LogP contribution is 2.12. The fourth-order valence-electron chi connectivity index (χ4n) is 1.35. The van der Waals surface area contributed by atoms with Crippen molar-refractivity contribution in [3.05, 3.63) is 36.4 Å². The molecule has 4 heteroatoms. The lowest BCUT2D eigenvalue weighted by molar-refractivity contribution is 0.698. The standard InChI is InChI=1S/C11H14N4/c1-2-12-8-11-14-7-10(15-11)9-5-3-4-6-13-9/h3-7,12H,2,8H2,1H3,(H,14,15). The number of aromatic amines is 1. The maximum absolute atomic E-state index is 4.27. The van der Waals surface area contributed by atoms with Gasteiger partial charge in [0.25, 0.3) is 0 Å². The van der Waals surface area contributed by atoms with Crippen LogP contribution in [0.2, 0.25) is 0 Å². The number of nitrogens with one attached hydrogen (secondary N) is 2. The Kier molecular flexibility index (Phi) is 3.09. The van der Waals surface area contributed by atoms with Crippen molar-refractivity contribution in [3.8, 4) is 11.4 Å². The molecule has 4 nitrogen and oxygen atoms in total. The molecule has 0 spiro atoms. The molecule has 2 heterocycles. The van der Waals surface area contributed by atoms with E-state index >= 15 is 0 Å². The molecule has 0 aliphatic rings. The minimum atomic E-state index is 0.767. The highest BCUT2D eigenvalue weighted by Gasteiger charge is 2.02. The fraction of sp³-hybridized carbons (Fsp3) is 0.273. The zero-order valence-electron chi connectivity index (χ0n) is 8.70. The minimum absolute atomic E-state index is 0.767. The number of hydrogen-bond acceptors (Lipinski definition) is 3. The van der Waals surface area contributed by atoms with Gasteiger partial charge in [0.05, 0.1) is 24.1 Å². The molecule has 0 atom stereocenters. The number of imidazole rings is 1. The van der Waals surface area contributed by atoms with Crippen LogP contribution in [0.1, 0.15) is 12.7 Å². The summed E-state index contributed by atoms with van der Waals surface area (Å²) in [6, 6.07) is 5.83. The summed E-state index contributed by atoms with van der Waals surface area (Å²) in [6.07, 6.45) is 3.59. The normalized spacial score (nSPS) is 10.5. The zero-order valence-corrected chi connectivity index (χ0v) is 8.70. The van der Waals surface area contributed by atoms with Gasteiger partial charge in [-0.2, -0.15) is 0 Å². The molecule has 2 N–H and O–H groups in total. The topological polar surface area (TPSA) is 53.6 Å². The summed E-state index contributed by atoms with van der Waals surface area (Å²) in [6.45, 7) is 3.78. The molecule has 0 fully saturated rings. The SMILES string of the molecule is CCNCc1ncc(-c2ccccn2)[nH]1. The summed E-state index contributed by atoms with van der Waals surface area (Å²) >= 11 is 0. The van der Waals surface area contributed by atoms with Gasteiger partial charge in [-0.1, -0.05) is 13.0 Å². The van der Waals surface area contributed by atoms with Crippen molar-refractivity contribution in [1.29, 1.82) is 0 Å². The average molecular weight is 202 g/mol. The maximum Gasteiger partial charge on any atom is 0.120 e. The van der Waals surface area contributed by atoms with Crippen LogP contribution in [0.4, 0.5) is 0 Å². The van der Waals surface area contributed by atoms with Crippen molar-refractivity contribution in [2.24, 2.45) is 0 Å². The third-order valence-corrected chi connectivity index (χ3v) is 2.11. The Labute approximate surface area is 88.8 Å². The van der Waals surface area contributed by atoms with Crippen molar-refractivity contribution in [2.45, 2.75) is 13.5 Å². The van der Waals surface area contributed by atoms with Crippen molar-refractivity contribution < 1.29 is 0 Å². The van der Waals surface area contributed by atoms with Crippen LogP contribution >= 0.6 is 0 Å². The largest absolute Gasteiger partial charge is 0.340 e. The Balaban J connectivity index is 2.14. The third-order valence-electron chi connectivity index (χ3n) is 2.11. The van der Waals surface area contributed by atoms with Crippen LogP contribution in [-0.2, 0) is 6.54 Å². The number of rotatable bonds is 4. The first-order chi connectivity index (χ1) is 7.40. The molecular weight excluding hydrogens is 188 g/mol. The summed E-state index contributed by atoms with van der Waals surface area (Å²) in [5.41, 5.74) is 1.89. The van der Waals surface area contributed by atoms with Gasteiger partial charge in [-0.25, -0.2) is 4.98 Å². The van der Waals surface area contributed by atoms with Crippen LogP contribution < -0.4 is 5.32 Å². The van der Waals surface area contributed by atoms with E-state index in [1.165, 1.54) is 0 Å². The summed E-state index contributed by atoms with van der Waals surface area (Å²) in [7, 11) is 0. The number of pyridine rings is 1. The van der Waals surface area contributed by atoms with Gasteiger partial charge in [-0.3, -0.25) is 4.98 Å². The van der Waals surface area contributed by atoms with E-state index in [0.717, 1.165) is 30.3 Å². The van der Waals surface area contributed by atoms with E-state index in [1.807, 2.05) is 24.4 Å². The highest BCUT2D eigenvalue weighted by molar-refractivity contribution is 5.52. The van der Waals surface area contributed by atoms with Crippen LogP contribution in [0.5, 0.6) is 0 Å². The van der Waals surface area contributed by atoms with Crippen molar-refractivity contribution in [2.75, 3.05) is 6.54 Å². The lowest BCUT2D eigenvalue weighted by atomic mass is 10.3. The molecule has 0 radical (unpaired) electrons. The second kappa shape index (κ2) is 4.70. The predicted molar refractivity (Wildman–Crippen MR) is 59.2 cm³/mol. The van der Waals surface area contributed by atoms with Crippen molar-refractivity contribution in [3.63, 3.8) is 0 Å². The van der Waals surface area contributed by atoms with E-state index in [9.17, 15) is 0 Å². The first-order valence-electron chi connectivity index (χ1n) is 5.06. The molecule has 0 saturated carbocycles. The number of aromatic nitrogens is 3. The average Bonchev–Trinajstić information content (AvgIpc) is 2.76. The van der Waals surface area contributed by atoms with Crippen LogP contribution in [0.25, 0.3) is 11.4 Å². The Morgan fingerprint density at radius 1 is 1.33 bits per heavy atom. The molecule has 0 unspecified atom stereocenters. The Morgan fingerprint density at radius 3 is 3.00 bits per heavy atom. The molecule has 0 saturated heterocycles.